The second kappa shape index (κ2) is 6.21. The second-order valence-electron chi connectivity index (χ2n) is 4.78. The number of nitrogens with one attached hydrogen (secondary N) is 1. The van der Waals surface area contributed by atoms with Crippen molar-refractivity contribution in [3.8, 4) is 0 Å². The Balaban J connectivity index is 2.44. The highest BCUT2D eigenvalue weighted by Gasteiger charge is 2.28. The Morgan fingerprint density at radius 3 is 2.44 bits per heavy atom. The van der Waals surface area contributed by atoms with Gasteiger partial charge in [0.05, 0.1) is 6.04 Å². The molecule has 1 saturated heterocycles. The van der Waals surface area contributed by atoms with Gasteiger partial charge in [-0.2, -0.15) is 0 Å². The molecule has 2 atom stereocenters. The van der Waals surface area contributed by atoms with Crippen LogP contribution in [-0.2, 0) is 4.79 Å². The van der Waals surface area contributed by atoms with Crippen LogP contribution in [0.1, 0.15) is 33.1 Å². The van der Waals surface area contributed by atoms with Gasteiger partial charge in [0.2, 0.25) is 5.91 Å². The second-order valence-corrected chi connectivity index (χ2v) is 4.78. The first kappa shape index (κ1) is 13.5. The monoisotopic (exact) mass is 227 g/mol. The van der Waals surface area contributed by atoms with E-state index in [4.69, 9.17) is 5.73 Å². The summed E-state index contributed by atoms with van der Waals surface area (Å²) in [6.07, 6.45) is 3.14. The highest BCUT2D eigenvalue weighted by molar-refractivity contribution is 5.79. The van der Waals surface area contributed by atoms with Crippen LogP contribution in [0.2, 0.25) is 0 Å². The molecule has 4 heteroatoms. The molecule has 0 saturated carbocycles. The van der Waals surface area contributed by atoms with Gasteiger partial charge in [0.25, 0.3) is 0 Å². The fourth-order valence-electron chi connectivity index (χ4n) is 2.61. The summed E-state index contributed by atoms with van der Waals surface area (Å²) >= 11 is 0. The molecule has 1 aliphatic heterocycles. The van der Waals surface area contributed by atoms with Crippen molar-refractivity contribution < 1.29 is 4.79 Å². The first-order chi connectivity index (χ1) is 7.60. The molecular weight excluding hydrogens is 202 g/mol. The number of piperidine rings is 1. The minimum Gasteiger partial charge on any atom is -0.368 e. The Morgan fingerprint density at radius 2 is 2.06 bits per heavy atom. The van der Waals surface area contributed by atoms with E-state index in [9.17, 15) is 4.79 Å². The maximum Gasteiger partial charge on any atom is 0.234 e. The number of carbonyl (C=O) groups excluding carboxylic acids is 1. The van der Waals surface area contributed by atoms with Gasteiger partial charge < -0.3 is 11.1 Å². The summed E-state index contributed by atoms with van der Waals surface area (Å²) in [4.78, 5) is 13.5. The van der Waals surface area contributed by atoms with E-state index in [-0.39, 0.29) is 11.9 Å². The normalized spacial score (nSPS) is 22.9. The predicted octanol–water partition coefficient (Wildman–Crippen LogP) is 0.570. The summed E-state index contributed by atoms with van der Waals surface area (Å²) < 4.78 is 0. The van der Waals surface area contributed by atoms with Gasteiger partial charge in [-0.05, 0) is 52.2 Å². The van der Waals surface area contributed by atoms with Crippen molar-refractivity contribution in [3.05, 3.63) is 0 Å². The Bertz CT molecular complexity index is 224. The van der Waals surface area contributed by atoms with Crippen molar-refractivity contribution >= 4 is 5.91 Å². The molecule has 4 nitrogen and oxygen atoms in total. The lowest BCUT2D eigenvalue weighted by atomic mass is 9.89. The van der Waals surface area contributed by atoms with Crippen LogP contribution in [0.3, 0.4) is 0 Å². The van der Waals surface area contributed by atoms with Crippen LogP contribution in [0.25, 0.3) is 0 Å². The van der Waals surface area contributed by atoms with E-state index >= 15 is 0 Å². The van der Waals surface area contributed by atoms with E-state index in [2.05, 4.69) is 17.1 Å². The molecule has 16 heavy (non-hydrogen) atoms. The Kier molecular flexibility index (Phi) is 5.22. The topological polar surface area (TPSA) is 58.4 Å². The zero-order valence-electron chi connectivity index (χ0n) is 10.7. The van der Waals surface area contributed by atoms with Crippen LogP contribution < -0.4 is 11.1 Å². The van der Waals surface area contributed by atoms with Crippen LogP contribution in [0.5, 0.6) is 0 Å². The zero-order chi connectivity index (χ0) is 12.1. The van der Waals surface area contributed by atoms with Crippen LogP contribution in [0, 0.1) is 5.92 Å². The van der Waals surface area contributed by atoms with Gasteiger partial charge in [0.1, 0.15) is 0 Å². The van der Waals surface area contributed by atoms with Crippen molar-refractivity contribution in [2.24, 2.45) is 11.7 Å². The number of nitrogens with two attached hydrogens (primary N) is 1. The van der Waals surface area contributed by atoms with Gasteiger partial charge in [-0.15, -0.1) is 0 Å². The van der Waals surface area contributed by atoms with Crippen LogP contribution >= 0.6 is 0 Å². The standard InChI is InChI=1S/C12H25N3O/c1-4-11(12(13)16)15-7-5-10(6-8-15)9(2)14-3/h9-11,14H,4-8H2,1-3H3,(H2,13,16). The SMILES string of the molecule is CCC(C(N)=O)N1CCC(C(C)NC)CC1. The van der Waals surface area contributed by atoms with Gasteiger partial charge in [0.15, 0.2) is 0 Å². The lowest BCUT2D eigenvalue weighted by Gasteiger charge is -2.37. The molecule has 2 unspecified atom stereocenters. The first-order valence-corrected chi connectivity index (χ1v) is 6.30. The highest BCUT2D eigenvalue weighted by atomic mass is 16.1. The highest BCUT2D eigenvalue weighted by Crippen LogP contribution is 2.22. The smallest absolute Gasteiger partial charge is 0.234 e. The number of amides is 1. The molecule has 3 N–H and O–H groups in total. The lowest BCUT2D eigenvalue weighted by molar-refractivity contribution is -0.124. The molecule has 0 aliphatic carbocycles. The quantitative estimate of drug-likeness (QED) is 0.722. The summed E-state index contributed by atoms with van der Waals surface area (Å²) in [6.45, 7) is 6.25. The number of hydrogen-bond donors (Lipinski definition) is 2. The number of carbonyl (C=O) groups is 1. The molecule has 1 rings (SSSR count). The van der Waals surface area contributed by atoms with Gasteiger partial charge in [-0.3, -0.25) is 9.69 Å². The first-order valence-electron chi connectivity index (χ1n) is 6.30. The maximum atomic E-state index is 11.3. The Labute approximate surface area is 98.6 Å². The molecule has 0 aromatic carbocycles. The summed E-state index contributed by atoms with van der Waals surface area (Å²) in [5, 5.41) is 3.31. The molecule has 0 spiro atoms. The van der Waals surface area contributed by atoms with Crippen molar-refractivity contribution in [2.45, 2.75) is 45.2 Å². The third-order valence-electron chi connectivity index (χ3n) is 3.89. The van der Waals surface area contributed by atoms with Crippen molar-refractivity contribution in [1.29, 1.82) is 0 Å². The Morgan fingerprint density at radius 1 is 1.50 bits per heavy atom. The van der Waals surface area contributed by atoms with Crippen molar-refractivity contribution in [3.63, 3.8) is 0 Å². The van der Waals surface area contributed by atoms with E-state index in [0.29, 0.717) is 6.04 Å². The molecule has 1 heterocycles. The van der Waals surface area contributed by atoms with Gasteiger partial charge in [-0.25, -0.2) is 0 Å². The molecule has 1 amide bonds. The number of likely N-dealkylation sites (tertiary alicyclic amines) is 1. The van der Waals surface area contributed by atoms with E-state index in [1.165, 1.54) is 0 Å². The molecule has 94 valence electrons. The predicted molar refractivity (Wildman–Crippen MR) is 66.1 cm³/mol. The fourth-order valence-corrected chi connectivity index (χ4v) is 2.61. The summed E-state index contributed by atoms with van der Waals surface area (Å²) in [5.74, 6) is 0.550. The van der Waals surface area contributed by atoms with Gasteiger partial charge >= 0.3 is 0 Å². The third-order valence-corrected chi connectivity index (χ3v) is 3.89. The minimum absolute atomic E-state index is 0.0640. The number of rotatable bonds is 5. The van der Waals surface area contributed by atoms with Crippen molar-refractivity contribution in [2.75, 3.05) is 20.1 Å². The minimum atomic E-state index is -0.178. The summed E-state index contributed by atoms with van der Waals surface area (Å²) in [6, 6.07) is 0.502. The average Bonchev–Trinajstić information content (AvgIpc) is 2.29. The van der Waals surface area contributed by atoms with E-state index in [0.717, 1.165) is 38.3 Å². The number of nitrogens with zero attached hydrogens (tertiary/aromatic N) is 1. The number of primary amides is 1. The zero-order valence-corrected chi connectivity index (χ0v) is 10.7. The van der Waals surface area contributed by atoms with E-state index in [1.807, 2.05) is 14.0 Å². The average molecular weight is 227 g/mol. The fraction of sp³-hybridized carbons (Fsp3) is 0.917. The van der Waals surface area contributed by atoms with E-state index in [1.54, 1.807) is 0 Å². The molecule has 0 bridgehead atoms. The maximum absolute atomic E-state index is 11.3. The van der Waals surface area contributed by atoms with E-state index < -0.39 is 0 Å². The molecule has 0 radical (unpaired) electrons. The van der Waals surface area contributed by atoms with Gasteiger partial charge in [0, 0.05) is 6.04 Å². The van der Waals surface area contributed by atoms with Crippen LogP contribution in [0.15, 0.2) is 0 Å². The molecular formula is C12H25N3O. The molecule has 1 fully saturated rings. The van der Waals surface area contributed by atoms with Gasteiger partial charge in [-0.1, -0.05) is 6.92 Å². The third kappa shape index (κ3) is 3.19. The number of hydrogen-bond acceptors (Lipinski definition) is 3. The summed E-state index contributed by atoms with van der Waals surface area (Å²) in [5.41, 5.74) is 5.41. The largest absolute Gasteiger partial charge is 0.368 e. The van der Waals surface area contributed by atoms with Crippen LogP contribution in [0.4, 0.5) is 0 Å². The Hall–Kier alpha value is -0.610. The molecule has 0 aromatic heterocycles. The van der Waals surface area contributed by atoms with Crippen LogP contribution in [-0.4, -0.2) is 43.0 Å². The molecule has 0 aromatic rings. The lowest BCUT2D eigenvalue weighted by Crippen LogP contribution is -2.49. The summed E-state index contributed by atoms with van der Waals surface area (Å²) in [7, 11) is 2.01. The van der Waals surface area contributed by atoms with Crippen molar-refractivity contribution in [1.82, 2.24) is 10.2 Å². The molecule has 1 aliphatic rings.